The molecule has 0 aliphatic heterocycles. The minimum Gasteiger partial charge on any atom is -0.480 e. The Morgan fingerprint density at radius 1 is 1.83 bits per heavy atom. The molecule has 5 N–H and O–H groups in total. The number of rotatable bonds is 4. The summed E-state index contributed by atoms with van der Waals surface area (Å²) in [5, 5.41) is 11.3. The fraction of sp³-hybridized carbons (Fsp3) is 0.286. The quantitative estimate of drug-likeness (QED) is 0.504. The molecule has 0 fully saturated rings. The first-order valence-electron chi connectivity index (χ1n) is 3.55. The highest BCUT2D eigenvalue weighted by Crippen LogP contribution is 2.02. The summed E-state index contributed by atoms with van der Waals surface area (Å²) in [4.78, 5) is 13.1. The lowest BCUT2D eigenvalue weighted by Gasteiger charge is -2.06. The zero-order valence-electron chi connectivity index (χ0n) is 6.45. The first-order valence-corrected chi connectivity index (χ1v) is 3.55. The van der Waals surface area contributed by atoms with Gasteiger partial charge in [0.15, 0.2) is 0 Å². The van der Waals surface area contributed by atoms with Gasteiger partial charge in [-0.2, -0.15) is 0 Å². The molecule has 0 saturated carbocycles. The van der Waals surface area contributed by atoms with E-state index in [1.165, 1.54) is 0 Å². The Bertz CT molecular complexity index is 245. The first kappa shape index (κ1) is 8.61. The van der Waals surface area contributed by atoms with Gasteiger partial charge < -0.3 is 21.1 Å². The van der Waals surface area contributed by atoms with Gasteiger partial charge in [-0.05, 0) is 6.07 Å². The highest BCUT2D eigenvalue weighted by molar-refractivity contribution is 5.73. The lowest BCUT2D eigenvalue weighted by molar-refractivity contribution is -0.138. The van der Waals surface area contributed by atoms with Gasteiger partial charge in [0.1, 0.15) is 6.04 Å². The molecule has 66 valence electrons. The summed E-state index contributed by atoms with van der Waals surface area (Å²) in [5.74, 6) is -1.00. The fourth-order valence-corrected chi connectivity index (χ4v) is 0.749. The van der Waals surface area contributed by atoms with Crippen molar-refractivity contribution in [1.29, 1.82) is 0 Å². The number of hydrogen-bond donors (Lipinski definition) is 4. The molecule has 1 aromatic heterocycles. The Kier molecular flexibility index (Phi) is 2.71. The number of aliphatic carboxylic acids is 1. The number of aromatic amines is 1. The Morgan fingerprint density at radius 3 is 3.08 bits per heavy atom. The summed E-state index contributed by atoms with van der Waals surface area (Å²) in [7, 11) is 0. The third-order valence-corrected chi connectivity index (χ3v) is 1.44. The van der Waals surface area contributed by atoms with Crippen molar-refractivity contribution in [2.24, 2.45) is 5.73 Å². The van der Waals surface area contributed by atoms with Crippen molar-refractivity contribution in [3.8, 4) is 0 Å². The van der Waals surface area contributed by atoms with Crippen LogP contribution in [0.15, 0.2) is 18.5 Å². The van der Waals surface area contributed by atoms with Crippen molar-refractivity contribution in [2.75, 3.05) is 11.9 Å². The molecule has 1 heterocycles. The lowest BCUT2D eigenvalue weighted by atomic mass is 10.3. The number of carboxylic acids is 1. The fourth-order valence-electron chi connectivity index (χ4n) is 0.749. The minimum atomic E-state index is -1.00. The zero-order valence-corrected chi connectivity index (χ0v) is 6.45. The van der Waals surface area contributed by atoms with Gasteiger partial charge in [-0.1, -0.05) is 0 Å². The maximum atomic E-state index is 10.3. The van der Waals surface area contributed by atoms with Crippen molar-refractivity contribution >= 4 is 11.7 Å². The highest BCUT2D eigenvalue weighted by Gasteiger charge is 2.09. The van der Waals surface area contributed by atoms with E-state index in [4.69, 9.17) is 10.8 Å². The molecule has 0 aliphatic rings. The predicted octanol–water partition coefficient (Wildman–Crippen LogP) is -0.162. The van der Waals surface area contributed by atoms with Crippen LogP contribution in [-0.4, -0.2) is 28.6 Å². The normalized spacial score (nSPS) is 12.4. The van der Waals surface area contributed by atoms with E-state index in [1.54, 1.807) is 18.5 Å². The molecular formula is C7H11N3O2. The number of anilines is 1. The van der Waals surface area contributed by atoms with E-state index in [-0.39, 0.29) is 6.54 Å². The van der Waals surface area contributed by atoms with Crippen LogP contribution in [0.25, 0.3) is 0 Å². The molecule has 5 heteroatoms. The lowest BCUT2D eigenvalue weighted by Crippen LogP contribution is -2.36. The van der Waals surface area contributed by atoms with Gasteiger partial charge in [0, 0.05) is 18.9 Å². The average molecular weight is 169 g/mol. The van der Waals surface area contributed by atoms with Gasteiger partial charge in [0.2, 0.25) is 0 Å². The van der Waals surface area contributed by atoms with E-state index in [9.17, 15) is 4.79 Å². The molecule has 12 heavy (non-hydrogen) atoms. The van der Waals surface area contributed by atoms with Gasteiger partial charge in [0.25, 0.3) is 0 Å². The number of hydrogen-bond acceptors (Lipinski definition) is 3. The number of nitrogens with two attached hydrogens (primary N) is 1. The summed E-state index contributed by atoms with van der Waals surface area (Å²) < 4.78 is 0. The average Bonchev–Trinajstić information content (AvgIpc) is 2.51. The molecule has 1 unspecified atom stereocenters. The summed E-state index contributed by atoms with van der Waals surface area (Å²) in [6.45, 7) is 0.229. The summed E-state index contributed by atoms with van der Waals surface area (Å²) in [5.41, 5.74) is 6.10. The Hall–Kier alpha value is -1.49. The van der Waals surface area contributed by atoms with Crippen molar-refractivity contribution in [1.82, 2.24) is 4.98 Å². The predicted molar refractivity (Wildman–Crippen MR) is 44.9 cm³/mol. The van der Waals surface area contributed by atoms with Gasteiger partial charge in [-0.15, -0.1) is 0 Å². The van der Waals surface area contributed by atoms with Crippen LogP contribution < -0.4 is 11.1 Å². The molecule has 0 spiro atoms. The van der Waals surface area contributed by atoms with Crippen LogP contribution in [0.3, 0.4) is 0 Å². The van der Waals surface area contributed by atoms with Crippen molar-refractivity contribution < 1.29 is 9.90 Å². The summed E-state index contributed by atoms with van der Waals surface area (Å²) in [6.07, 6.45) is 3.48. The second kappa shape index (κ2) is 3.77. The molecule has 0 amide bonds. The van der Waals surface area contributed by atoms with Gasteiger partial charge >= 0.3 is 5.97 Å². The van der Waals surface area contributed by atoms with E-state index in [0.717, 1.165) is 5.69 Å². The second-order valence-corrected chi connectivity index (χ2v) is 2.43. The van der Waals surface area contributed by atoms with E-state index in [1.807, 2.05) is 0 Å². The minimum absolute atomic E-state index is 0.229. The molecule has 0 aromatic carbocycles. The van der Waals surface area contributed by atoms with E-state index in [2.05, 4.69) is 10.3 Å². The smallest absolute Gasteiger partial charge is 0.322 e. The Balaban J connectivity index is 2.31. The number of H-pyrrole nitrogens is 1. The molecule has 1 aromatic rings. The van der Waals surface area contributed by atoms with Crippen LogP contribution in [0.4, 0.5) is 5.69 Å². The van der Waals surface area contributed by atoms with Gasteiger partial charge in [-0.25, -0.2) is 0 Å². The number of aromatic nitrogens is 1. The van der Waals surface area contributed by atoms with Crippen LogP contribution in [0.1, 0.15) is 0 Å². The largest absolute Gasteiger partial charge is 0.480 e. The molecular weight excluding hydrogens is 158 g/mol. The first-order chi connectivity index (χ1) is 5.70. The van der Waals surface area contributed by atoms with Crippen LogP contribution in [-0.2, 0) is 4.79 Å². The van der Waals surface area contributed by atoms with E-state index < -0.39 is 12.0 Å². The molecule has 0 bridgehead atoms. The molecule has 1 atom stereocenters. The molecule has 5 nitrogen and oxygen atoms in total. The standard InChI is InChI=1S/C7H11N3O2/c8-6(7(11)12)4-10-5-1-2-9-3-5/h1-3,6,9-10H,4,8H2,(H,11,12). The monoisotopic (exact) mass is 169 g/mol. The highest BCUT2D eigenvalue weighted by atomic mass is 16.4. The number of nitrogens with one attached hydrogen (secondary N) is 2. The van der Waals surface area contributed by atoms with Crippen molar-refractivity contribution in [3.63, 3.8) is 0 Å². The number of carboxylic acid groups (broad SMARTS) is 1. The third-order valence-electron chi connectivity index (χ3n) is 1.44. The van der Waals surface area contributed by atoms with Gasteiger partial charge in [0.05, 0.1) is 5.69 Å². The molecule has 0 saturated heterocycles. The second-order valence-electron chi connectivity index (χ2n) is 2.43. The van der Waals surface area contributed by atoms with Gasteiger partial charge in [-0.3, -0.25) is 4.79 Å². The maximum absolute atomic E-state index is 10.3. The van der Waals surface area contributed by atoms with Crippen LogP contribution in [0.5, 0.6) is 0 Å². The van der Waals surface area contributed by atoms with Crippen LogP contribution in [0, 0.1) is 0 Å². The molecule has 0 aliphatic carbocycles. The topological polar surface area (TPSA) is 91.1 Å². The summed E-state index contributed by atoms with van der Waals surface area (Å²) >= 11 is 0. The molecule has 1 rings (SSSR count). The number of carbonyl (C=O) groups is 1. The van der Waals surface area contributed by atoms with Crippen LogP contribution >= 0.6 is 0 Å². The SMILES string of the molecule is NC(CNc1cc[nH]c1)C(=O)O. The third kappa shape index (κ3) is 2.28. The van der Waals surface area contributed by atoms with Crippen molar-refractivity contribution in [3.05, 3.63) is 18.5 Å². The maximum Gasteiger partial charge on any atom is 0.322 e. The molecule has 0 radical (unpaired) electrons. The summed E-state index contributed by atoms with van der Waals surface area (Å²) in [6, 6.07) is 0.939. The van der Waals surface area contributed by atoms with E-state index >= 15 is 0 Å². The Morgan fingerprint density at radius 2 is 2.58 bits per heavy atom. The zero-order chi connectivity index (χ0) is 8.97. The van der Waals surface area contributed by atoms with Crippen LogP contribution in [0.2, 0.25) is 0 Å². The van der Waals surface area contributed by atoms with E-state index in [0.29, 0.717) is 0 Å². The Labute approximate surface area is 69.6 Å². The van der Waals surface area contributed by atoms with Crippen molar-refractivity contribution in [2.45, 2.75) is 6.04 Å².